The first-order valence-corrected chi connectivity index (χ1v) is 12.4. The molecule has 0 unspecified atom stereocenters. The van der Waals surface area contributed by atoms with Crippen LogP contribution in [0.2, 0.25) is 0 Å². The van der Waals surface area contributed by atoms with Crippen LogP contribution in [0.4, 0.5) is 16.4 Å². The van der Waals surface area contributed by atoms with Gasteiger partial charge in [-0.05, 0) is 49.0 Å². The number of hydrogen-bond donors (Lipinski definition) is 4. The number of nitrogens with zero attached hydrogens (tertiary/aromatic N) is 4. The highest BCUT2D eigenvalue weighted by molar-refractivity contribution is 5.94. The van der Waals surface area contributed by atoms with Crippen molar-refractivity contribution in [2.75, 3.05) is 63.8 Å². The number of anilines is 2. The first-order chi connectivity index (χ1) is 18.6. The van der Waals surface area contributed by atoms with Crippen LogP contribution >= 0.6 is 0 Å². The fraction of sp³-hybridized carbons (Fsp3) is 0.346. The SMILES string of the molecule is CNCCNC(=O)c1ccc(CNC(=O)Nc2ccc(-c3nc(OC)nc(N4CCOCC4)n3)cc2)cc1. The van der Waals surface area contributed by atoms with Gasteiger partial charge >= 0.3 is 12.0 Å². The molecule has 2 aromatic carbocycles. The summed E-state index contributed by atoms with van der Waals surface area (Å²) < 4.78 is 10.7. The Morgan fingerprint density at radius 2 is 1.68 bits per heavy atom. The van der Waals surface area contributed by atoms with Gasteiger partial charge in [0, 0.05) is 49.5 Å². The van der Waals surface area contributed by atoms with Crippen molar-refractivity contribution in [1.82, 2.24) is 30.9 Å². The second-order valence-corrected chi connectivity index (χ2v) is 8.49. The molecule has 2 heterocycles. The molecule has 4 rings (SSSR count). The summed E-state index contributed by atoms with van der Waals surface area (Å²) in [5, 5.41) is 11.4. The summed E-state index contributed by atoms with van der Waals surface area (Å²) in [6.07, 6.45) is 0. The lowest BCUT2D eigenvalue weighted by molar-refractivity contribution is 0.0954. The summed E-state index contributed by atoms with van der Waals surface area (Å²) in [6.45, 7) is 4.20. The number of aromatic nitrogens is 3. The first kappa shape index (κ1) is 26.8. The molecule has 0 radical (unpaired) electrons. The van der Waals surface area contributed by atoms with Gasteiger partial charge in [-0.15, -0.1) is 0 Å². The molecule has 1 fully saturated rings. The summed E-state index contributed by atoms with van der Waals surface area (Å²) in [5.41, 5.74) is 2.83. The molecule has 0 spiro atoms. The minimum atomic E-state index is -0.344. The third-order valence-electron chi connectivity index (χ3n) is 5.81. The molecule has 3 aromatic rings. The molecule has 1 saturated heterocycles. The van der Waals surface area contributed by atoms with E-state index in [1.807, 2.05) is 36.2 Å². The van der Waals surface area contributed by atoms with Gasteiger partial charge in [0.2, 0.25) is 5.95 Å². The standard InChI is InChI=1S/C26H32N8O4/c1-27-11-12-28-23(35)20-5-3-18(4-6-20)17-29-25(36)30-21-9-7-19(8-10-21)22-31-24(33-26(32-22)37-2)34-13-15-38-16-14-34/h3-10,27H,11-17H2,1-2H3,(H,28,35)(H2,29,30,36). The van der Waals surface area contributed by atoms with Gasteiger partial charge in [-0.3, -0.25) is 4.79 Å². The Labute approximate surface area is 221 Å². The molecule has 4 N–H and O–H groups in total. The van der Waals surface area contributed by atoms with Gasteiger partial charge in [-0.2, -0.15) is 15.0 Å². The van der Waals surface area contributed by atoms with E-state index in [1.54, 1.807) is 24.3 Å². The summed E-state index contributed by atoms with van der Waals surface area (Å²) in [6, 6.07) is 14.2. The topological polar surface area (TPSA) is 143 Å². The highest BCUT2D eigenvalue weighted by Crippen LogP contribution is 2.22. The second-order valence-electron chi connectivity index (χ2n) is 8.49. The number of amides is 3. The third-order valence-corrected chi connectivity index (χ3v) is 5.81. The predicted molar refractivity (Wildman–Crippen MR) is 143 cm³/mol. The highest BCUT2D eigenvalue weighted by atomic mass is 16.5. The summed E-state index contributed by atoms with van der Waals surface area (Å²) in [4.78, 5) is 39.9. The number of urea groups is 1. The Balaban J connectivity index is 1.31. The molecule has 0 aliphatic carbocycles. The van der Waals surface area contributed by atoms with Gasteiger partial charge in [0.15, 0.2) is 5.82 Å². The van der Waals surface area contributed by atoms with Crippen molar-refractivity contribution in [1.29, 1.82) is 0 Å². The first-order valence-electron chi connectivity index (χ1n) is 12.4. The zero-order valence-corrected chi connectivity index (χ0v) is 21.5. The summed E-state index contributed by atoms with van der Waals surface area (Å²) in [5.74, 6) is 0.890. The molecule has 0 bridgehead atoms. The average Bonchev–Trinajstić information content (AvgIpc) is 2.97. The lowest BCUT2D eigenvalue weighted by Gasteiger charge is -2.26. The monoisotopic (exact) mass is 520 g/mol. The number of hydrogen-bond acceptors (Lipinski definition) is 9. The van der Waals surface area contributed by atoms with Gasteiger partial charge in [0.1, 0.15) is 0 Å². The van der Waals surface area contributed by atoms with Crippen molar-refractivity contribution < 1.29 is 19.1 Å². The molecule has 38 heavy (non-hydrogen) atoms. The number of nitrogens with one attached hydrogen (secondary N) is 4. The number of carbonyl (C=O) groups is 2. The summed E-state index contributed by atoms with van der Waals surface area (Å²) in [7, 11) is 3.35. The van der Waals surface area contributed by atoms with Crippen molar-refractivity contribution in [2.45, 2.75) is 6.54 Å². The van der Waals surface area contributed by atoms with Gasteiger partial charge in [0.25, 0.3) is 5.91 Å². The van der Waals surface area contributed by atoms with Crippen LogP contribution in [0.5, 0.6) is 6.01 Å². The number of likely N-dealkylation sites (N-methyl/N-ethyl adjacent to an activating group) is 1. The van der Waals surface area contributed by atoms with Crippen molar-refractivity contribution in [3.05, 3.63) is 59.7 Å². The van der Waals surface area contributed by atoms with Crippen molar-refractivity contribution in [3.63, 3.8) is 0 Å². The normalized spacial score (nSPS) is 13.1. The number of ether oxygens (including phenoxy) is 2. The van der Waals surface area contributed by atoms with Crippen LogP contribution in [-0.2, 0) is 11.3 Å². The van der Waals surface area contributed by atoms with E-state index in [0.29, 0.717) is 69.0 Å². The Kier molecular flexibility index (Phi) is 9.37. The Bertz CT molecular complexity index is 1210. The van der Waals surface area contributed by atoms with Gasteiger partial charge in [-0.1, -0.05) is 12.1 Å². The fourth-order valence-electron chi connectivity index (χ4n) is 3.71. The maximum absolute atomic E-state index is 12.4. The van der Waals surface area contributed by atoms with E-state index in [2.05, 4.69) is 36.2 Å². The van der Waals surface area contributed by atoms with E-state index in [0.717, 1.165) is 11.1 Å². The second kappa shape index (κ2) is 13.3. The molecular weight excluding hydrogens is 488 g/mol. The lowest BCUT2D eigenvalue weighted by Crippen LogP contribution is -2.37. The minimum absolute atomic E-state index is 0.131. The predicted octanol–water partition coefficient (Wildman–Crippen LogP) is 1.65. The zero-order valence-electron chi connectivity index (χ0n) is 21.5. The third kappa shape index (κ3) is 7.37. The molecule has 1 aliphatic heterocycles. The minimum Gasteiger partial charge on any atom is -0.467 e. The van der Waals surface area contributed by atoms with Gasteiger partial charge in [0.05, 0.1) is 20.3 Å². The summed E-state index contributed by atoms with van der Waals surface area (Å²) >= 11 is 0. The number of methoxy groups -OCH3 is 1. The van der Waals surface area contributed by atoms with E-state index in [-0.39, 0.29) is 17.9 Å². The maximum atomic E-state index is 12.4. The molecule has 1 aliphatic rings. The van der Waals surface area contributed by atoms with Crippen LogP contribution in [0, 0.1) is 0 Å². The number of rotatable bonds is 10. The zero-order chi connectivity index (χ0) is 26.7. The van der Waals surface area contributed by atoms with Crippen molar-refractivity contribution in [3.8, 4) is 17.4 Å². The van der Waals surface area contributed by atoms with Crippen LogP contribution in [0.1, 0.15) is 15.9 Å². The Hall–Kier alpha value is -4.29. The van der Waals surface area contributed by atoms with Gasteiger partial charge < -0.3 is 35.6 Å². The molecule has 3 amide bonds. The van der Waals surface area contributed by atoms with Crippen LogP contribution in [0.25, 0.3) is 11.4 Å². The van der Waals surface area contributed by atoms with Crippen LogP contribution in [-0.4, -0.2) is 80.4 Å². The quantitative estimate of drug-likeness (QED) is 0.294. The van der Waals surface area contributed by atoms with Crippen LogP contribution in [0.15, 0.2) is 48.5 Å². The average molecular weight is 521 g/mol. The van der Waals surface area contributed by atoms with Crippen LogP contribution in [0.3, 0.4) is 0 Å². The number of morpholine rings is 1. The molecule has 0 atom stereocenters. The molecular formula is C26H32N8O4. The lowest BCUT2D eigenvalue weighted by atomic mass is 10.1. The molecule has 0 saturated carbocycles. The van der Waals surface area contributed by atoms with E-state index in [9.17, 15) is 9.59 Å². The van der Waals surface area contributed by atoms with Crippen molar-refractivity contribution >= 4 is 23.6 Å². The highest BCUT2D eigenvalue weighted by Gasteiger charge is 2.17. The van der Waals surface area contributed by atoms with E-state index >= 15 is 0 Å². The van der Waals surface area contributed by atoms with Crippen molar-refractivity contribution in [2.24, 2.45) is 0 Å². The van der Waals surface area contributed by atoms with E-state index in [4.69, 9.17) is 9.47 Å². The molecule has 1 aromatic heterocycles. The van der Waals surface area contributed by atoms with E-state index < -0.39 is 0 Å². The Morgan fingerprint density at radius 3 is 2.37 bits per heavy atom. The molecule has 12 heteroatoms. The fourth-order valence-corrected chi connectivity index (χ4v) is 3.71. The smallest absolute Gasteiger partial charge is 0.321 e. The Morgan fingerprint density at radius 1 is 0.947 bits per heavy atom. The van der Waals surface area contributed by atoms with Crippen LogP contribution < -0.4 is 30.9 Å². The molecule has 12 nitrogen and oxygen atoms in total. The maximum Gasteiger partial charge on any atom is 0.321 e. The van der Waals surface area contributed by atoms with E-state index in [1.165, 1.54) is 7.11 Å². The van der Waals surface area contributed by atoms with Gasteiger partial charge in [-0.25, -0.2) is 4.79 Å². The number of benzene rings is 2. The number of carbonyl (C=O) groups excluding carboxylic acids is 2. The molecule has 200 valence electrons. The largest absolute Gasteiger partial charge is 0.467 e.